The number of nitrogens with one attached hydrogen (secondary N) is 1. The van der Waals surface area contributed by atoms with Gasteiger partial charge in [-0.1, -0.05) is 13.8 Å². The quantitative estimate of drug-likeness (QED) is 0.739. The van der Waals surface area contributed by atoms with Gasteiger partial charge in [-0.3, -0.25) is 0 Å². The molecule has 0 spiro atoms. The Morgan fingerprint density at radius 1 is 1.11 bits per heavy atom. The lowest BCUT2D eigenvalue weighted by Gasteiger charge is -2.34. The van der Waals surface area contributed by atoms with Gasteiger partial charge in [0.15, 0.2) is 9.84 Å². The number of sulfone groups is 1. The average molecular weight is 290 g/mol. The van der Waals surface area contributed by atoms with E-state index in [4.69, 9.17) is 0 Å². The predicted molar refractivity (Wildman–Crippen MR) is 81.3 cm³/mol. The third kappa shape index (κ3) is 6.23. The van der Waals surface area contributed by atoms with Gasteiger partial charge in [0.25, 0.3) is 0 Å². The summed E-state index contributed by atoms with van der Waals surface area (Å²) < 4.78 is 23.4. The Kier molecular flexibility index (Phi) is 7.32. The second-order valence-electron chi connectivity index (χ2n) is 5.70. The molecule has 5 heteroatoms. The average Bonchev–Trinajstić information content (AvgIpc) is 2.37. The van der Waals surface area contributed by atoms with Crippen LogP contribution in [0.15, 0.2) is 0 Å². The Balaban J connectivity index is 2.29. The number of hydrogen-bond donors (Lipinski definition) is 1. The molecule has 0 radical (unpaired) electrons. The van der Waals surface area contributed by atoms with Crippen LogP contribution in [0.1, 0.15) is 46.0 Å². The van der Waals surface area contributed by atoms with Crippen LogP contribution in [-0.4, -0.2) is 57.0 Å². The summed E-state index contributed by atoms with van der Waals surface area (Å²) in [6.45, 7) is 5.79. The standard InChI is InChI=1S/C14H30N2O2S/c1-4-11-19(17,18)12-10-16(3)14-8-6-13(7-9-14)15-5-2/h13-15H,4-12H2,1-3H3. The number of nitrogens with zero attached hydrogens (tertiary/aromatic N) is 1. The molecule has 0 aromatic heterocycles. The Morgan fingerprint density at radius 2 is 1.74 bits per heavy atom. The minimum atomic E-state index is -2.84. The summed E-state index contributed by atoms with van der Waals surface area (Å²) in [5.74, 6) is 0.637. The predicted octanol–water partition coefficient (Wildman–Crippen LogP) is 1.66. The third-order valence-electron chi connectivity index (χ3n) is 4.08. The smallest absolute Gasteiger partial charge is 0.151 e. The van der Waals surface area contributed by atoms with Gasteiger partial charge in [0.2, 0.25) is 0 Å². The summed E-state index contributed by atoms with van der Waals surface area (Å²) in [7, 11) is -0.770. The Bertz CT molecular complexity index is 335. The zero-order valence-electron chi connectivity index (χ0n) is 12.7. The Hall–Kier alpha value is -0.130. The first kappa shape index (κ1) is 16.9. The van der Waals surface area contributed by atoms with Crippen molar-refractivity contribution in [3.05, 3.63) is 0 Å². The fourth-order valence-corrected chi connectivity index (χ4v) is 4.28. The Morgan fingerprint density at radius 3 is 2.26 bits per heavy atom. The summed E-state index contributed by atoms with van der Waals surface area (Å²) in [4.78, 5) is 2.25. The second-order valence-corrected chi connectivity index (χ2v) is 8.00. The fourth-order valence-electron chi connectivity index (χ4n) is 2.89. The molecular weight excluding hydrogens is 260 g/mol. The lowest BCUT2D eigenvalue weighted by atomic mass is 9.90. The molecular formula is C14H30N2O2S. The molecule has 1 saturated carbocycles. The molecule has 1 fully saturated rings. The molecule has 0 amide bonds. The zero-order chi connectivity index (χ0) is 14.3. The highest BCUT2D eigenvalue weighted by molar-refractivity contribution is 7.91. The van der Waals surface area contributed by atoms with Crippen LogP contribution in [0.25, 0.3) is 0 Å². The molecule has 0 bridgehead atoms. The van der Waals surface area contributed by atoms with Gasteiger partial charge < -0.3 is 10.2 Å². The molecule has 1 aliphatic rings. The van der Waals surface area contributed by atoms with Gasteiger partial charge in [-0.15, -0.1) is 0 Å². The van der Waals surface area contributed by atoms with Crippen LogP contribution >= 0.6 is 0 Å². The molecule has 0 aliphatic heterocycles. The van der Waals surface area contributed by atoms with Crippen molar-refractivity contribution in [2.45, 2.75) is 58.0 Å². The molecule has 19 heavy (non-hydrogen) atoms. The third-order valence-corrected chi connectivity index (χ3v) is 5.92. The topological polar surface area (TPSA) is 49.4 Å². The summed E-state index contributed by atoms with van der Waals surface area (Å²) in [6, 6.07) is 1.23. The zero-order valence-corrected chi connectivity index (χ0v) is 13.5. The molecule has 1 aliphatic carbocycles. The van der Waals surface area contributed by atoms with Crippen molar-refractivity contribution < 1.29 is 8.42 Å². The largest absolute Gasteiger partial charge is 0.314 e. The summed E-state index contributed by atoms with van der Waals surface area (Å²) in [6.07, 6.45) is 5.51. The van der Waals surface area contributed by atoms with Gasteiger partial charge in [-0.2, -0.15) is 0 Å². The number of rotatable bonds is 8. The lowest BCUT2D eigenvalue weighted by molar-refractivity contribution is 0.182. The molecule has 0 aromatic carbocycles. The first-order chi connectivity index (χ1) is 8.98. The van der Waals surface area contributed by atoms with E-state index in [9.17, 15) is 8.42 Å². The van der Waals surface area contributed by atoms with E-state index in [-0.39, 0.29) is 0 Å². The van der Waals surface area contributed by atoms with E-state index in [0.29, 0.717) is 30.1 Å². The van der Waals surface area contributed by atoms with Gasteiger partial charge in [-0.25, -0.2) is 8.42 Å². The maximum atomic E-state index is 11.7. The van der Waals surface area contributed by atoms with E-state index < -0.39 is 9.84 Å². The summed E-state index contributed by atoms with van der Waals surface area (Å²) in [5, 5.41) is 3.50. The van der Waals surface area contributed by atoms with Gasteiger partial charge >= 0.3 is 0 Å². The summed E-state index contributed by atoms with van der Waals surface area (Å²) in [5.41, 5.74) is 0. The van der Waals surface area contributed by atoms with E-state index in [2.05, 4.69) is 24.2 Å². The lowest BCUT2D eigenvalue weighted by Crippen LogP contribution is -2.42. The highest BCUT2D eigenvalue weighted by Gasteiger charge is 2.24. The first-order valence-electron chi connectivity index (χ1n) is 7.62. The van der Waals surface area contributed by atoms with Crippen molar-refractivity contribution in [1.29, 1.82) is 0 Å². The monoisotopic (exact) mass is 290 g/mol. The number of hydrogen-bond acceptors (Lipinski definition) is 4. The minimum Gasteiger partial charge on any atom is -0.314 e. The van der Waals surface area contributed by atoms with E-state index in [0.717, 1.165) is 13.0 Å². The molecule has 0 unspecified atom stereocenters. The molecule has 1 N–H and O–H groups in total. The van der Waals surface area contributed by atoms with Crippen LogP contribution in [-0.2, 0) is 9.84 Å². The molecule has 0 aromatic rings. The van der Waals surface area contributed by atoms with E-state index in [1.54, 1.807) is 0 Å². The van der Waals surface area contributed by atoms with E-state index in [1.807, 2.05) is 6.92 Å². The van der Waals surface area contributed by atoms with Crippen LogP contribution in [0.4, 0.5) is 0 Å². The normalized spacial score (nSPS) is 24.8. The van der Waals surface area contributed by atoms with Crippen LogP contribution < -0.4 is 5.32 Å². The highest BCUT2D eigenvalue weighted by Crippen LogP contribution is 2.22. The van der Waals surface area contributed by atoms with Crippen LogP contribution in [0, 0.1) is 0 Å². The molecule has 0 atom stereocenters. The molecule has 114 valence electrons. The maximum Gasteiger partial charge on any atom is 0.151 e. The van der Waals surface area contributed by atoms with Crippen molar-refractivity contribution in [3.63, 3.8) is 0 Å². The van der Waals surface area contributed by atoms with Crippen molar-refractivity contribution in [1.82, 2.24) is 10.2 Å². The van der Waals surface area contributed by atoms with Gasteiger partial charge in [0, 0.05) is 24.4 Å². The molecule has 1 rings (SSSR count). The molecule has 4 nitrogen and oxygen atoms in total. The first-order valence-corrected chi connectivity index (χ1v) is 9.44. The highest BCUT2D eigenvalue weighted by atomic mass is 32.2. The van der Waals surface area contributed by atoms with Crippen molar-refractivity contribution >= 4 is 9.84 Å². The van der Waals surface area contributed by atoms with Crippen LogP contribution in [0.2, 0.25) is 0 Å². The van der Waals surface area contributed by atoms with Gasteiger partial charge in [-0.05, 0) is 45.7 Å². The fraction of sp³-hybridized carbons (Fsp3) is 1.00. The van der Waals surface area contributed by atoms with E-state index >= 15 is 0 Å². The Labute approximate surface area is 118 Å². The van der Waals surface area contributed by atoms with Crippen LogP contribution in [0.3, 0.4) is 0 Å². The minimum absolute atomic E-state index is 0.310. The van der Waals surface area contributed by atoms with E-state index in [1.165, 1.54) is 25.7 Å². The SMILES string of the molecule is CCCS(=O)(=O)CCN(C)C1CCC(NCC)CC1. The van der Waals surface area contributed by atoms with Gasteiger partial charge in [0.1, 0.15) is 0 Å². The van der Waals surface area contributed by atoms with Crippen molar-refractivity contribution in [2.24, 2.45) is 0 Å². The van der Waals surface area contributed by atoms with Gasteiger partial charge in [0.05, 0.1) is 5.75 Å². The molecule has 0 heterocycles. The second kappa shape index (κ2) is 8.22. The summed E-state index contributed by atoms with van der Waals surface area (Å²) >= 11 is 0. The van der Waals surface area contributed by atoms with Crippen molar-refractivity contribution in [2.75, 3.05) is 31.6 Å². The maximum absolute atomic E-state index is 11.7. The van der Waals surface area contributed by atoms with Crippen LogP contribution in [0.5, 0.6) is 0 Å². The molecule has 0 saturated heterocycles. The van der Waals surface area contributed by atoms with Crippen molar-refractivity contribution in [3.8, 4) is 0 Å².